The molecule has 2 N–H and O–H groups in total. The minimum atomic E-state index is -0.577. The van der Waals surface area contributed by atoms with Crippen molar-refractivity contribution in [2.75, 3.05) is 13.2 Å². The molecule has 0 bridgehead atoms. The van der Waals surface area contributed by atoms with Crippen LogP contribution in [0.2, 0.25) is 0 Å². The smallest absolute Gasteiger partial charge is 0.0709 e. The van der Waals surface area contributed by atoms with Gasteiger partial charge in [-0.15, -0.1) is 0 Å². The molecular formula is C17H27NO2. The van der Waals surface area contributed by atoms with Crippen LogP contribution in [0, 0.1) is 0 Å². The fourth-order valence-corrected chi connectivity index (χ4v) is 2.91. The zero-order valence-electron chi connectivity index (χ0n) is 12.7. The first-order valence-corrected chi connectivity index (χ1v) is 7.66. The van der Waals surface area contributed by atoms with Gasteiger partial charge in [0.1, 0.15) is 0 Å². The van der Waals surface area contributed by atoms with Gasteiger partial charge in [0.25, 0.3) is 0 Å². The lowest BCUT2D eigenvalue weighted by atomic mass is 9.80. The van der Waals surface area contributed by atoms with Crippen molar-refractivity contribution in [3.8, 4) is 0 Å². The third-order valence-corrected chi connectivity index (χ3v) is 4.41. The van der Waals surface area contributed by atoms with Crippen LogP contribution in [-0.2, 0) is 11.3 Å². The highest BCUT2D eigenvalue weighted by atomic mass is 16.5. The summed E-state index contributed by atoms with van der Waals surface area (Å²) in [6.45, 7) is 6.59. The van der Waals surface area contributed by atoms with Gasteiger partial charge in [-0.2, -0.15) is 0 Å². The van der Waals surface area contributed by atoms with E-state index < -0.39 is 5.60 Å². The first-order valence-electron chi connectivity index (χ1n) is 7.66. The number of benzene rings is 1. The molecule has 1 saturated heterocycles. The summed E-state index contributed by atoms with van der Waals surface area (Å²) < 4.78 is 5.81. The van der Waals surface area contributed by atoms with Crippen LogP contribution in [0.25, 0.3) is 0 Å². The zero-order chi connectivity index (χ0) is 14.5. The molecule has 0 amide bonds. The molecule has 112 valence electrons. The van der Waals surface area contributed by atoms with Crippen molar-refractivity contribution in [1.29, 1.82) is 0 Å². The molecule has 1 heterocycles. The molecule has 1 aromatic carbocycles. The van der Waals surface area contributed by atoms with Crippen molar-refractivity contribution in [1.82, 2.24) is 5.32 Å². The van der Waals surface area contributed by atoms with E-state index in [9.17, 15) is 5.11 Å². The summed E-state index contributed by atoms with van der Waals surface area (Å²) in [6.07, 6.45) is 3.23. The third-order valence-electron chi connectivity index (χ3n) is 4.41. The third kappa shape index (κ3) is 4.30. The highest BCUT2D eigenvalue weighted by Crippen LogP contribution is 2.36. The molecule has 0 aromatic heterocycles. The Morgan fingerprint density at radius 3 is 2.75 bits per heavy atom. The second kappa shape index (κ2) is 6.70. The van der Waals surface area contributed by atoms with Crippen molar-refractivity contribution >= 4 is 0 Å². The Balaban J connectivity index is 1.75. The van der Waals surface area contributed by atoms with E-state index in [2.05, 4.69) is 43.4 Å². The normalized spacial score (nSPS) is 30.4. The van der Waals surface area contributed by atoms with E-state index in [1.807, 2.05) is 6.07 Å². The fraction of sp³-hybridized carbons (Fsp3) is 0.647. The first kappa shape index (κ1) is 15.5. The first-order chi connectivity index (χ1) is 9.55. The second-order valence-corrected chi connectivity index (χ2v) is 6.22. The Bertz CT molecular complexity index is 409. The predicted molar refractivity (Wildman–Crippen MR) is 81.6 cm³/mol. The number of rotatable bonds is 6. The number of nitrogens with one attached hydrogen (secondary N) is 1. The molecule has 2 rings (SSSR count). The van der Waals surface area contributed by atoms with Gasteiger partial charge < -0.3 is 15.2 Å². The lowest BCUT2D eigenvalue weighted by Crippen LogP contribution is -2.48. The second-order valence-electron chi connectivity index (χ2n) is 6.22. The Labute approximate surface area is 122 Å². The molecule has 0 aliphatic carbocycles. The van der Waals surface area contributed by atoms with Crippen molar-refractivity contribution in [2.24, 2.45) is 0 Å². The van der Waals surface area contributed by atoms with Crippen LogP contribution in [0.15, 0.2) is 30.3 Å². The Hall–Kier alpha value is -0.900. The van der Waals surface area contributed by atoms with Crippen LogP contribution in [-0.4, -0.2) is 29.5 Å². The summed E-state index contributed by atoms with van der Waals surface area (Å²) in [5, 5.41) is 14.1. The summed E-state index contributed by atoms with van der Waals surface area (Å²) in [7, 11) is 0. The highest BCUT2D eigenvalue weighted by molar-refractivity contribution is 5.14. The van der Waals surface area contributed by atoms with Gasteiger partial charge in [-0.1, -0.05) is 37.3 Å². The molecule has 1 aromatic rings. The lowest BCUT2D eigenvalue weighted by molar-refractivity contribution is -0.155. The number of hydrogen-bond acceptors (Lipinski definition) is 3. The van der Waals surface area contributed by atoms with Gasteiger partial charge in [-0.25, -0.2) is 0 Å². The van der Waals surface area contributed by atoms with Crippen molar-refractivity contribution < 1.29 is 9.84 Å². The Morgan fingerprint density at radius 1 is 1.30 bits per heavy atom. The maximum atomic E-state index is 10.7. The monoisotopic (exact) mass is 277 g/mol. The van der Waals surface area contributed by atoms with E-state index in [4.69, 9.17) is 4.74 Å². The van der Waals surface area contributed by atoms with Crippen LogP contribution in [0.5, 0.6) is 0 Å². The largest absolute Gasteiger partial charge is 0.390 e. The standard InChI is InChI=1S/C17H27NO2/c1-3-16(2)14-17(19,10-12-20-16)9-11-18-13-15-7-5-4-6-8-15/h4-8,18-19H,3,9-14H2,1-2H3/t16-,17+/m1/s1. The van der Waals surface area contributed by atoms with Gasteiger partial charge in [-0.05, 0) is 38.3 Å². The molecule has 0 radical (unpaired) electrons. The Morgan fingerprint density at radius 2 is 2.05 bits per heavy atom. The Kier molecular flexibility index (Phi) is 5.19. The van der Waals surface area contributed by atoms with Crippen molar-refractivity contribution in [2.45, 2.75) is 57.3 Å². The molecule has 0 saturated carbocycles. The molecule has 1 aliphatic rings. The number of aliphatic hydroxyl groups is 1. The van der Waals surface area contributed by atoms with Crippen LogP contribution in [0.4, 0.5) is 0 Å². The maximum absolute atomic E-state index is 10.7. The summed E-state index contributed by atoms with van der Waals surface area (Å²) in [5.74, 6) is 0. The molecule has 3 nitrogen and oxygen atoms in total. The van der Waals surface area contributed by atoms with Crippen LogP contribution in [0.3, 0.4) is 0 Å². The van der Waals surface area contributed by atoms with E-state index in [-0.39, 0.29) is 5.60 Å². The summed E-state index contributed by atoms with van der Waals surface area (Å²) in [5.41, 5.74) is 0.545. The van der Waals surface area contributed by atoms with E-state index in [1.54, 1.807) is 0 Å². The molecule has 20 heavy (non-hydrogen) atoms. The minimum Gasteiger partial charge on any atom is -0.390 e. The average Bonchev–Trinajstić information content (AvgIpc) is 2.45. The van der Waals surface area contributed by atoms with Gasteiger partial charge >= 0.3 is 0 Å². The topological polar surface area (TPSA) is 41.5 Å². The van der Waals surface area contributed by atoms with Crippen LogP contribution in [0.1, 0.15) is 45.1 Å². The van der Waals surface area contributed by atoms with Crippen LogP contribution < -0.4 is 5.32 Å². The van der Waals surface area contributed by atoms with E-state index in [0.717, 1.165) is 38.8 Å². The van der Waals surface area contributed by atoms with Gasteiger partial charge in [0.05, 0.1) is 17.8 Å². The summed E-state index contributed by atoms with van der Waals surface area (Å²) in [4.78, 5) is 0. The molecule has 2 atom stereocenters. The van der Waals surface area contributed by atoms with E-state index >= 15 is 0 Å². The number of ether oxygens (including phenoxy) is 1. The molecule has 1 aliphatic heterocycles. The molecule has 0 spiro atoms. The average molecular weight is 277 g/mol. The quantitative estimate of drug-likeness (QED) is 0.786. The minimum absolute atomic E-state index is 0.160. The maximum Gasteiger partial charge on any atom is 0.0709 e. The summed E-state index contributed by atoms with van der Waals surface area (Å²) in [6, 6.07) is 10.4. The molecular weight excluding hydrogens is 250 g/mol. The SMILES string of the molecule is CC[C@]1(C)C[C@](O)(CCNCc2ccccc2)CCO1. The van der Waals surface area contributed by atoms with Crippen molar-refractivity contribution in [3.63, 3.8) is 0 Å². The van der Waals surface area contributed by atoms with Gasteiger partial charge in [0, 0.05) is 13.0 Å². The van der Waals surface area contributed by atoms with E-state index in [1.165, 1.54) is 5.56 Å². The predicted octanol–water partition coefficient (Wildman–Crippen LogP) is 2.88. The van der Waals surface area contributed by atoms with E-state index in [0.29, 0.717) is 6.61 Å². The van der Waals surface area contributed by atoms with Crippen LogP contribution >= 0.6 is 0 Å². The van der Waals surface area contributed by atoms with Gasteiger partial charge in [-0.3, -0.25) is 0 Å². The lowest BCUT2D eigenvalue weighted by Gasteiger charge is -2.43. The molecule has 0 unspecified atom stereocenters. The van der Waals surface area contributed by atoms with Crippen molar-refractivity contribution in [3.05, 3.63) is 35.9 Å². The summed E-state index contributed by atoms with van der Waals surface area (Å²) >= 11 is 0. The van der Waals surface area contributed by atoms with Gasteiger partial charge in [0.2, 0.25) is 0 Å². The number of hydrogen-bond donors (Lipinski definition) is 2. The molecule has 1 fully saturated rings. The molecule has 3 heteroatoms. The highest BCUT2D eigenvalue weighted by Gasteiger charge is 2.40. The zero-order valence-corrected chi connectivity index (χ0v) is 12.7. The fourth-order valence-electron chi connectivity index (χ4n) is 2.91. The van der Waals surface area contributed by atoms with Gasteiger partial charge in [0.15, 0.2) is 0 Å².